The van der Waals surface area contributed by atoms with Gasteiger partial charge >= 0.3 is 5.97 Å². The van der Waals surface area contributed by atoms with Crippen molar-refractivity contribution in [2.45, 2.75) is 13.0 Å². The van der Waals surface area contributed by atoms with Gasteiger partial charge in [-0.1, -0.05) is 36.1 Å². The third-order valence-electron chi connectivity index (χ3n) is 3.16. The van der Waals surface area contributed by atoms with Crippen LogP contribution in [0.2, 0.25) is 0 Å². The van der Waals surface area contributed by atoms with Gasteiger partial charge < -0.3 is 9.84 Å². The Balaban J connectivity index is 2.10. The number of rotatable bonds is 5. The molecular weight excluding hydrogens is 310 g/mol. The first kappa shape index (κ1) is 15.8. The topological polar surface area (TPSA) is 66.8 Å². The molecule has 112 valence electrons. The van der Waals surface area contributed by atoms with Crippen LogP contribution < -0.4 is 4.74 Å². The van der Waals surface area contributed by atoms with Gasteiger partial charge in [0.2, 0.25) is 5.91 Å². The number of carboxylic acids is 1. The molecule has 1 N–H and O–H groups in total. The van der Waals surface area contributed by atoms with Gasteiger partial charge in [-0.05, 0) is 17.7 Å². The molecule has 1 atom stereocenters. The van der Waals surface area contributed by atoms with Gasteiger partial charge in [-0.25, -0.2) is 0 Å². The first-order valence-corrected chi connectivity index (χ1v) is 7.73. The van der Waals surface area contributed by atoms with Crippen molar-refractivity contribution in [3.8, 4) is 5.75 Å². The van der Waals surface area contributed by atoms with Crippen molar-refractivity contribution >= 4 is 40.2 Å². The van der Waals surface area contributed by atoms with Crippen LogP contribution in [0.3, 0.4) is 0 Å². The number of thioether (sulfide) groups is 1. The van der Waals surface area contributed by atoms with E-state index in [-0.39, 0.29) is 12.3 Å². The van der Waals surface area contributed by atoms with Crippen molar-refractivity contribution in [1.29, 1.82) is 0 Å². The molecule has 5 nitrogen and oxygen atoms in total. The predicted molar refractivity (Wildman–Crippen MR) is 84.3 cm³/mol. The smallest absolute Gasteiger partial charge is 0.304 e. The summed E-state index contributed by atoms with van der Waals surface area (Å²) in [5.74, 6) is -0.520. The van der Waals surface area contributed by atoms with Crippen molar-refractivity contribution < 1.29 is 19.4 Å². The molecule has 1 heterocycles. The van der Waals surface area contributed by atoms with Crippen molar-refractivity contribution in [3.05, 3.63) is 29.8 Å². The summed E-state index contributed by atoms with van der Waals surface area (Å²) in [6.07, 6.45) is -0.159. The van der Waals surface area contributed by atoms with E-state index in [9.17, 15) is 9.59 Å². The van der Waals surface area contributed by atoms with Crippen LogP contribution in [0.4, 0.5) is 0 Å². The molecule has 2 rings (SSSR count). The summed E-state index contributed by atoms with van der Waals surface area (Å²) >= 11 is 6.57. The van der Waals surface area contributed by atoms with E-state index in [0.717, 1.165) is 11.3 Å². The average molecular weight is 325 g/mol. The summed E-state index contributed by atoms with van der Waals surface area (Å²) < 4.78 is 5.58. The number of carbonyl (C=O) groups is 2. The van der Waals surface area contributed by atoms with Gasteiger partial charge in [0.1, 0.15) is 10.1 Å². The number of carbonyl (C=O) groups excluding carboxylic acids is 1. The Hall–Kier alpha value is -1.60. The summed E-state index contributed by atoms with van der Waals surface area (Å²) in [5.41, 5.74) is 0.920. The van der Waals surface area contributed by atoms with Crippen molar-refractivity contribution in [2.75, 3.05) is 12.9 Å². The quantitative estimate of drug-likeness (QED) is 0.837. The van der Waals surface area contributed by atoms with Crippen LogP contribution in [-0.2, 0) is 16.1 Å². The second-order valence-electron chi connectivity index (χ2n) is 4.64. The van der Waals surface area contributed by atoms with Crippen LogP contribution in [0.5, 0.6) is 5.75 Å². The molecular formula is C14H15NO4S2. The first-order chi connectivity index (χ1) is 10.0. The summed E-state index contributed by atoms with van der Waals surface area (Å²) in [6.45, 7) is 0.352. The Morgan fingerprint density at radius 1 is 1.48 bits per heavy atom. The number of ether oxygens (including phenoxy) is 1. The van der Waals surface area contributed by atoms with Crippen molar-refractivity contribution in [3.63, 3.8) is 0 Å². The predicted octanol–water partition coefficient (Wildman–Crippen LogP) is 2.15. The number of aliphatic carboxylic acids is 1. The number of thiocarbonyl (C=S) groups is 1. The Morgan fingerprint density at radius 3 is 2.71 bits per heavy atom. The van der Waals surface area contributed by atoms with Crippen LogP contribution in [0.25, 0.3) is 0 Å². The lowest BCUT2D eigenvalue weighted by atomic mass is 10.1. The van der Waals surface area contributed by atoms with Gasteiger partial charge in [-0.3, -0.25) is 14.5 Å². The number of amides is 1. The van der Waals surface area contributed by atoms with Crippen LogP contribution in [0.1, 0.15) is 12.0 Å². The van der Waals surface area contributed by atoms with Gasteiger partial charge in [0, 0.05) is 5.75 Å². The second-order valence-corrected chi connectivity index (χ2v) is 6.30. The first-order valence-electron chi connectivity index (χ1n) is 6.34. The van der Waals surface area contributed by atoms with Gasteiger partial charge in [-0.2, -0.15) is 0 Å². The largest absolute Gasteiger partial charge is 0.497 e. The normalized spacial score (nSPS) is 18.7. The van der Waals surface area contributed by atoms with E-state index in [1.807, 2.05) is 24.3 Å². The minimum atomic E-state index is -0.967. The van der Waals surface area contributed by atoms with Gasteiger partial charge in [0.05, 0.1) is 26.0 Å². The lowest BCUT2D eigenvalue weighted by Gasteiger charge is -2.31. The van der Waals surface area contributed by atoms with Gasteiger partial charge in [-0.15, -0.1) is 0 Å². The molecule has 1 fully saturated rings. The highest BCUT2D eigenvalue weighted by atomic mass is 32.2. The maximum Gasteiger partial charge on any atom is 0.304 e. The molecule has 1 amide bonds. The average Bonchev–Trinajstić information content (AvgIpc) is 2.47. The zero-order valence-electron chi connectivity index (χ0n) is 11.4. The zero-order chi connectivity index (χ0) is 15.4. The minimum absolute atomic E-state index is 0.159. The summed E-state index contributed by atoms with van der Waals surface area (Å²) in [7, 11) is 1.59. The molecule has 1 saturated heterocycles. The molecule has 7 heteroatoms. The fourth-order valence-corrected chi connectivity index (χ4v) is 3.32. The molecule has 0 bridgehead atoms. The van der Waals surface area contributed by atoms with Crippen LogP contribution >= 0.6 is 24.0 Å². The number of hydrogen-bond donors (Lipinski definition) is 1. The standard InChI is InChI=1S/C14H15NO4S2/c1-19-11-4-2-9(3-5-11)7-15-13(18)10(6-12(16)17)8-21-14(15)20/h2-5,10H,6-8H2,1H3,(H,16,17). The highest BCUT2D eigenvalue weighted by Gasteiger charge is 2.34. The molecule has 0 radical (unpaired) electrons. The fraction of sp³-hybridized carbons (Fsp3) is 0.357. The maximum atomic E-state index is 12.3. The van der Waals surface area contributed by atoms with E-state index in [4.69, 9.17) is 22.1 Å². The number of benzene rings is 1. The highest BCUT2D eigenvalue weighted by Crippen LogP contribution is 2.27. The molecule has 0 aromatic heterocycles. The monoisotopic (exact) mass is 325 g/mol. The molecule has 0 aliphatic carbocycles. The van der Waals surface area contributed by atoms with Crippen LogP contribution in [0, 0.1) is 5.92 Å². The SMILES string of the molecule is COc1ccc(CN2C(=O)C(CC(=O)O)CSC2=S)cc1. The van der Waals surface area contributed by atoms with Gasteiger partial charge in [0.25, 0.3) is 0 Å². The van der Waals surface area contributed by atoms with Crippen molar-refractivity contribution in [2.24, 2.45) is 5.92 Å². The number of hydrogen-bond acceptors (Lipinski definition) is 5. The summed E-state index contributed by atoms with van der Waals surface area (Å²) in [6, 6.07) is 7.35. The second kappa shape index (κ2) is 6.91. The van der Waals surface area contributed by atoms with E-state index in [0.29, 0.717) is 16.6 Å². The van der Waals surface area contributed by atoms with E-state index in [1.54, 1.807) is 7.11 Å². The molecule has 0 saturated carbocycles. The van der Waals surface area contributed by atoms with E-state index >= 15 is 0 Å². The minimum Gasteiger partial charge on any atom is -0.497 e. The number of methoxy groups -OCH3 is 1. The van der Waals surface area contributed by atoms with Crippen LogP contribution in [0.15, 0.2) is 24.3 Å². The van der Waals surface area contributed by atoms with Crippen LogP contribution in [-0.4, -0.2) is 39.1 Å². The third-order valence-corrected chi connectivity index (χ3v) is 4.77. The zero-order valence-corrected chi connectivity index (χ0v) is 13.1. The molecule has 0 spiro atoms. The molecule has 1 aliphatic heterocycles. The molecule has 21 heavy (non-hydrogen) atoms. The molecule has 1 aromatic carbocycles. The molecule has 1 aliphatic rings. The molecule has 1 unspecified atom stereocenters. The lowest BCUT2D eigenvalue weighted by Crippen LogP contribution is -2.44. The molecule has 1 aromatic rings. The van der Waals surface area contributed by atoms with Crippen molar-refractivity contribution in [1.82, 2.24) is 4.90 Å². The maximum absolute atomic E-state index is 12.3. The number of nitrogens with zero attached hydrogens (tertiary/aromatic N) is 1. The lowest BCUT2D eigenvalue weighted by molar-refractivity contribution is -0.142. The Morgan fingerprint density at radius 2 is 2.14 bits per heavy atom. The fourth-order valence-electron chi connectivity index (χ4n) is 2.04. The van der Waals surface area contributed by atoms with Gasteiger partial charge in [0.15, 0.2) is 0 Å². The Kier molecular flexibility index (Phi) is 5.19. The highest BCUT2D eigenvalue weighted by molar-refractivity contribution is 8.23. The van der Waals surface area contributed by atoms with E-state index < -0.39 is 11.9 Å². The Bertz CT molecular complexity index is 559. The van der Waals surface area contributed by atoms with E-state index in [1.165, 1.54) is 16.7 Å². The number of carboxylic acid groups (broad SMARTS) is 1. The van der Waals surface area contributed by atoms with E-state index in [2.05, 4.69) is 0 Å². The summed E-state index contributed by atoms with van der Waals surface area (Å²) in [5, 5.41) is 8.86. The summed E-state index contributed by atoms with van der Waals surface area (Å²) in [4.78, 5) is 24.6. The third kappa shape index (κ3) is 3.95. The Labute approximate surface area is 132 Å².